The first-order chi connectivity index (χ1) is 13.7. The van der Waals surface area contributed by atoms with Crippen LogP contribution in [0.25, 0.3) is 0 Å². The average Bonchev–Trinajstić information content (AvgIpc) is 2.65. The topological polar surface area (TPSA) is 34.1 Å². The molecule has 0 fully saturated rings. The number of hydrogen-bond donors (Lipinski definition) is 0. The molecule has 0 aromatic carbocycles. The van der Waals surface area contributed by atoms with Crippen LogP contribution in [0.3, 0.4) is 0 Å². The second-order valence-electron chi connectivity index (χ2n) is 9.81. The van der Waals surface area contributed by atoms with Crippen LogP contribution in [0.4, 0.5) is 0 Å². The van der Waals surface area contributed by atoms with Crippen LogP contribution in [-0.4, -0.2) is 11.6 Å². The first-order valence-corrected chi connectivity index (χ1v) is 11.8. The van der Waals surface area contributed by atoms with Gasteiger partial charge in [0.2, 0.25) is 11.6 Å². The van der Waals surface area contributed by atoms with Crippen molar-refractivity contribution in [2.45, 2.75) is 106 Å². The molecule has 0 aliphatic heterocycles. The lowest BCUT2D eigenvalue weighted by molar-refractivity contribution is -0.132. The van der Waals surface area contributed by atoms with Crippen molar-refractivity contribution in [3.05, 3.63) is 34.9 Å². The summed E-state index contributed by atoms with van der Waals surface area (Å²) in [5.74, 6) is 1.81. The maximum Gasteiger partial charge on any atom is 0.229 e. The van der Waals surface area contributed by atoms with E-state index in [1.807, 2.05) is 0 Å². The van der Waals surface area contributed by atoms with Gasteiger partial charge in [0.1, 0.15) is 0 Å². The van der Waals surface area contributed by atoms with E-state index in [-0.39, 0.29) is 11.6 Å². The molecule has 2 heteroatoms. The standard InChI is InChI=1S/C27H44O2/c1-20(2)10-7-11-21(3)12-8-13-22(4)14-9-15-23(5)16-18-25-19-17-24(6)26(28)27(25)29/h16-17,19-22H,7-15,18H2,1-6H3/b23-16+/t21-,22-/m1/s1. The zero-order valence-corrected chi connectivity index (χ0v) is 19.9. The molecule has 0 unspecified atom stereocenters. The molecule has 0 N–H and O–H groups in total. The zero-order valence-electron chi connectivity index (χ0n) is 19.9. The van der Waals surface area contributed by atoms with Crippen molar-refractivity contribution in [2.24, 2.45) is 17.8 Å². The number of rotatable bonds is 14. The Morgan fingerprint density at radius 1 is 0.828 bits per heavy atom. The number of hydrogen-bond acceptors (Lipinski definition) is 2. The molecule has 1 rings (SSSR count). The van der Waals surface area contributed by atoms with Crippen LogP contribution in [0, 0.1) is 17.8 Å². The Morgan fingerprint density at radius 2 is 1.38 bits per heavy atom. The molecule has 164 valence electrons. The van der Waals surface area contributed by atoms with Crippen LogP contribution in [0.2, 0.25) is 0 Å². The van der Waals surface area contributed by atoms with Crippen molar-refractivity contribution >= 4 is 11.6 Å². The molecule has 0 aromatic rings. The van der Waals surface area contributed by atoms with E-state index in [4.69, 9.17) is 0 Å². The molecule has 1 aliphatic carbocycles. The van der Waals surface area contributed by atoms with E-state index < -0.39 is 0 Å². The van der Waals surface area contributed by atoms with Crippen molar-refractivity contribution in [2.75, 3.05) is 0 Å². The maximum atomic E-state index is 12.0. The van der Waals surface area contributed by atoms with E-state index in [1.165, 1.54) is 56.9 Å². The van der Waals surface area contributed by atoms with Crippen LogP contribution >= 0.6 is 0 Å². The molecule has 29 heavy (non-hydrogen) atoms. The van der Waals surface area contributed by atoms with Gasteiger partial charge in [-0.25, -0.2) is 0 Å². The summed E-state index contributed by atoms with van der Waals surface area (Å²) in [5, 5.41) is 0. The third-order valence-corrected chi connectivity index (χ3v) is 6.20. The molecule has 2 nitrogen and oxygen atoms in total. The molecule has 1 aliphatic rings. The highest BCUT2D eigenvalue weighted by atomic mass is 16.2. The minimum atomic E-state index is -0.350. The molecular weight excluding hydrogens is 356 g/mol. The highest BCUT2D eigenvalue weighted by molar-refractivity contribution is 6.49. The second kappa shape index (κ2) is 13.7. The molecule has 0 aromatic heterocycles. The van der Waals surface area contributed by atoms with Crippen molar-refractivity contribution < 1.29 is 9.59 Å². The van der Waals surface area contributed by atoms with Gasteiger partial charge in [0.05, 0.1) is 0 Å². The van der Waals surface area contributed by atoms with Gasteiger partial charge >= 0.3 is 0 Å². The second-order valence-corrected chi connectivity index (χ2v) is 9.81. The number of allylic oxidation sites excluding steroid dienone is 6. The van der Waals surface area contributed by atoms with Crippen LogP contribution in [-0.2, 0) is 9.59 Å². The Bertz CT molecular complexity index is 618. The Morgan fingerprint density at radius 3 is 1.97 bits per heavy atom. The summed E-state index contributed by atoms with van der Waals surface area (Å²) >= 11 is 0. The summed E-state index contributed by atoms with van der Waals surface area (Å²) in [6, 6.07) is 0. The van der Waals surface area contributed by atoms with Gasteiger partial charge in [0.25, 0.3) is 0 Å². The van der Waals surface area contributed by atoms with Crippen LogP contribution in [0.5, 0.6) is 0 Å². The molecule has 0 amide bonds. The molecular formula is C27H44O2. The summed E-state index contributed by atoms with van der Waals surface area (Å²) in [4.78, 5) is 23.8. The molecule has 0 saturated heterocycles. The zero-order chi connectivity index (χ0) is 21.8. The largest absolute Gasteiger partial charge is 0.285 e. The fraction of sp³-hybridized carbons (Fsp3) is 0.704. The highest BCUT2D eigenvalue weighted by Gasteiger charge is 2.22. The third-order valence-electron chi connectivity index (χ3n) is 6.20. The Kier molecular flexibility index (Phi) is 12.1. The minimum Gasteiger partial charge on any atom is -0.285 e. The van der Waals surface area contributed by atoms with Crippen LogP contribution in [0.1, 0.15) is 106 Å². The van der Waals surface area contributed by atoms with E-state index >= 15 is 0 Å². The van der Waals surface area contributed by atoms with Crippen LogP contribution in [0.15, 0.2) is 34.9 Å². The summed E-state index contributed by atoms with van der Waals surface area (Å²) < 4.78 is 0. The summed E-state index contributed by atoms with van der Waals surface area (Å²) in [7, 11) is 0. The lowest BCUT2D eigenvalue weighted by atomic mass is 9.91. The monoisotopic (exact) mass is 400 g/mol. The smallest absolute Gasteiger partial charge is 0.229 e. The first-order valence-electron chi connectivity index (χ1n) is 11.8. The number of ketones is 2. The average molecular weight is 401 g/mol. The number of carbonyl (C=O) groups is 2. The van der Waals surface area contributed by atoms with Crippen molar-refractivity contribution in [1.82, 2.24) is 0 Å². The Labute approximate surface area is 179 Å². The lowest BCUT2D eigenvalue weighted by Gasteiger charge is -2.15. The van der Waals surface area contributed by atoms with Gasteiger partial charge in [-0.2, -0.15) is 0 Å². The van der Waals surface area contributed by atoms with E-state index in [0.29, 0.717) is 17.6 Å². The predicted molar refractivity (Wildman–Crippen MR) is 125 cm³/mol. The number of carbonyl (C=O) groups excluding carboxylic acids is 2. The van der Waals surface area contributed by atoms with Crippen molar-refractivity contribution in [3.63, 3.8) is 0 Å². The maximum absolute atomic E-state index is 12.0. The molecule has 0 radical (unpaired) electrons. The van der Waals surface area contributed by atoms with Gasteiger partial charge < -0.3 is 0 Å². The summed E-state index contributed by atoms with van der Waals surface area (Å²) in [6.07, 6.45) is 18.0. The molecule has 0 heterocycles. The molecule has 0 saturated carbocycles. The van der Waals surface area contributed by atoms with Gasteiger partial charge in [0, 0.05) is 11.1 Å². The molecule has 0 spiro atoms. The van der Waals surface area contributed by atoms with Gasteiger partial charge in [-0.1, -0.05) is 96.4 Å². The van der Waals surface area contributed by atoms with Crippen LogP contribution < -0.4 is 0 Å². The minimum absolute atomic E-state index is 0.332. The lowest BCUT2D eigenvalue weighted by Crippen LogP contribution is -2.19. The van der Waals surface area contributed by atoms with E-state index in [0.717, 1.165) is 24.2 Å². The van der Waals surface area contributed by atoms with E-state index in [9.17, 15) is 9.59 Å². The molecule has 0 bridgehead atoms. The van der Waals surface area contributed by atoms with Crippen molar-refractivity contribution in [3.8, 4) is 0 Å². The Balaban J connectivity index is 2.18. The van der Waals surface area contributed by atoms with Crippen molar-refractivity contribution in [1.29, 1.82) is 0 Å². The highest BCUT2D eigenvalue weighted by Crippen LogP contribution is 2.22. The van der Waals surface area contributed by atoms with Gasteiger partial charge in [-0.05, 0) is 50.9 Å². The van der Waals surface area contributed by atoms with E-state index in [1.54, 1.807) is 19.1 Å². The number of Topliss-reactive ketones (excluding diaryl/α,β-unsaturated/α-hetero) is 2. The fourth-order valence-corrected chi connectivity index (χ4v) is 3.96. The Hall–Kier alpha value is -1.44. The first kappa shape index (κ1) is 25.6. The summed E-state index contributed by atoms with van der Waals surface area (Å²) in [5.41, 5.74) is 2.48. The van der Waals surface area contributed by atoms with E-state index in [2.05, 4.69) is 40.7 Å². The van der Waals surface area contributed by atoms with Gasteiger partial charge in [-0.3, -0.25) is 9.59 Å². The third kappa shape index (κ3) is 10.8. The normalized spacial score (nSPS) is 17.4. The SMILES string of the molecule is CC1=CC=C(C/C=C(\C)CCC[C@H](C)CCC[C@H](C)CCCC(C)C)C(=O)C1=O. The quantitative estimate of drug-likeness (QED) is 0.169. The van der Waals surface area contributed by atoms with Gasteiger partial charge in [-0.15, -0.1) is 0 Å². The molecule has 2 atom stereocenters. The van der Waals surface area contributed by atoms with Gasteiger partial charge in [0.15, 0.2) is 0 Å². The fourth-order valence-electron chi connectivity index (χ4n) is 3.96. The summed E-state index contributed by atoms with van der Waals surface area (Å²) in [6.45, 7) is 13.3. The predicted octanol–water partition coefficient (Wildman–Crippen LogP) is 7.79.